The number of nitrogens with zero attached hydrogens (tertiary/aromatic N) is 4. The summed E-state index contributed by atoms with van der Waals surface area (Å²) < 4.78 is 1.92. The Hall–Kier alpha value is -1.88. The zero-order valence-electron chi connectivity index (χ0n) is 11.2. The second-order valence-corrected chi connectivity index (χ2v) is 4.87. The van der Waals surface area contributed by atoms with Gasteiger partial charge in [0.25, 0.3) is 0 Å². The predicted molar refractivity (Wildman–Crippen MR) is 75.1 cm³/mol. The Labute approximate surface area is 113 Å². The lowest BCUT2D eigenvalue weighted by Crippen LogP contribution is -2.25. The van der Waals surface area contributed by atoms with Crippen LogP contribution in [-0.2, 0) is 19.5 Å². The molecule has 0 bridgehead atoms. The highest BCUT2D eigenvalue weighted by molar-refractivity contribution is 5.57. The fourth-order valence-corrected chi connectivity index (χ4v) is 2.57. The van der Waals surface area contributed by atoms with Crippen molar-refractivity contribution in [2.24, 2.45) is 0 Å². The quantitative estimate of drug-likeness (QED) is 0.870. The fourth-order valence-electron chi connectivity index (χ4n) is 2.57. The number of rotatable bonds is 5. The molecule has 1 aromatic heterocycles. The van der Waals surface area contributed by atoms with Crippen molar-refractivity contribution in [3.8, 4) is 0 Å². The summed E-state index contributed by atoms with van der Waals surface area (Å²) >= 11 is 0. The summed E-state index contributed by atoms with van der Waals surface area (Å²) in [6, 6.07) is 8.65. The molecule has 5 heteroatoms. The highest BCUT2D eigenvalue weighted by Crippen LogP contribution is 2.26. The molecular weight excluding hydrogens is 238 g/mol. The Morgan fingerprint density at radius 3 is 3.05 bits per heavy atom. The van der Waals surface area contributed by atoms with Crippen LogP contribution in [0.15, 0.2) is 30.5 Å². The molecule has 19 heavy (non-hydrogen) atoms. The number of benzene rings is 1. The zero-order chi connectivity index (χ0) is 13.1. The van der Waals surface area contributed by atoms with Gasteiger partial charge in [0.1, 0.15) is 0 Å². The lowest BCUT2D eigenvalue weighted by molar-refractivity contribution is 0.580. The maximum absolute atomic E-state index is 4.15. The highest BCUT2D eigenvalue weighted by Gasteiger charge is 2.17. The first-order chi connectivity index (χ1) is 9.36. The minimum absolute atomic E-state index is 0.770. The summed E-state index contributed by atoms with van der Waals surface area (Å²) in [7, 11) is 1.92. The molecule has 1 N–H and O–H groups in total. The van der Waals surface area contributed by atoms with E-state index < -0.39 is 0 Å². The summed E-state index contributed by atoms with van der Waals surface area (Å²) in [5.74, 6) is 0. The van der Waals surface area contributed by atoms with Crippen molar-refractivity contribution >= 4 is 5.69 Å². The molecule has 2 aromatic rings. The van der Waals surface area contributed by atoms with Gasteiger partial charge in [0.2, 0.25) is 0 Å². The van der Waals surface area contributed by atoms with Crippen LogP contribution in [-0.4, -0.2) is 35.1 Å². The molecule has 1 aliphatic rings. The topological polar surface area (TPSA) is 46.0 Å². The molecule has 100 valence electrons. The second kappa shape index (κ2) is 5.40. The van der Waals surface area contributed by atoms with Crippen molar-refractivity contribution in [3.63, 3.8) is 0 Å². The van der Waals surface area contributed by atoms with Crippen LogP contribution >= 0.6 is 0 Å². The largest absolute Gasteiger partial charge is 0.369 e. The van der Waals surface area contributed by atoms with E-state index in [1.165, 1.54) is 11.3 Å². The van der Waals surface area contributed by atoms with Gasteiger partial charge in [-0.1, -0.05) is 23.4 Å². The number of nitrogens with one attached hydrogen (secondary N) is 1. The van der Waals surface area contributed by atoms with Crippen LogP contribution in [0.1, 0.15) is 11.3 Å². The van der Waals surface area contributed by atoms with Gasteiger partial charge in [-0.3, -0.25) is 4.68 Å². The molecule has 0 unspecified atom stereocenters. The second-order valence-electron chi connectivity index (χ2n) is 4.87. The van der Waals surface area contributed by atoms with E-state index in [1.807, 2.05) is 17.9 Å². The van der Waals surface area contributed by atoms with Gasteiger partial charge in [0, 0.05) is 31.5 Å². The van der Waals surface area contributed by atoms with Crippen LogP contribution in [0.2, 0.25) is 0 Å². The first-order valence-corrected chi connectivity index (χ1v) is 6.73. The minimum atomic E-state index is 0.770. The molecule has 5 nitrogen and oxygen atoms in total. The maximum Gasteiger partial charge on any atom is 0.0964 e. The van der Waals surface area contributed by atoms with Crippen molar-refractivity contribution in [3.05, 3.63) is 41.7 Å². The molecule has 0 radical (unpaired) electrons. The third-order valence-electron chi connectivity index (χ3n) is 3.53. The number of aromatic nitrogens is 3. The summed E-state index contributed by atoms with van der Waals surface area (Å²) in [5.41, 5.74) is 3.82. The van der Waals surface area contributed by atoms with Gasteiger partial charge >= 0.3 is 0 Å². The van der Waals surface area contributed by atoms with E-state index in [-0.39, 0.29) is 0 Å². The number of hydrogen-bond donors (Lipinski definition) is 1. The van der Waals surface area contributed by atoms with Crippen molar-refractivity contribution < 1.29 is 0 Å². The molecule has 1 aromatic carbocycles. The number of anilines is 1. The smallest absolute Gasteiger partial charge is 0.0964 e. The molecular formula is C14H19N5. The van der Waals surface area contributed by atoms with E-state index in [0.29, 0.717) is 0 Å². The van der Waals surface area contributed by atoms with Gasteiger partial charge in [-0.25, -0.2) is 0 Å². The monoisotopic (exact) mass is 257 g/mol. The van der Waals surface area contributed by atoms with Gasteiger partial charge in [-0.15, -0.1) is 5.10 Å². The fraction of sp³-hybridized carbons (Fsp3) is 0.429. The van der Waals surface area contributed by atoms with Crippen LogP contribution in [0.4, 0.5) is 5.69 Å². The van der Waals surface area contributed by atoms with E-state index in [2.05, 4.69) is 44.8 Å². The number of para-hydroxylation sites is 1. The van der Waals surface area contributed by atoms with Crippen LogP contribution in [0.25, 0.3) is 0 Å². The third-order valence-corrected chi connectivity index (χ3v) is 3.53. The Morgan fingerprint density at radius 1 is 1.26 bits per heavy atom. The van der Waals surface area contributed by atoms with Gasteiger partial charge in [-0.2, -0.15) is 0 Å². The van der Waals surface area contributed by atoms with E-state index in [9.17, 15) is 0 Å². The molecule has 0 spiro atoms. The summed E-state index contributed by atoms with van der Waals surface area (Å²) in [5, 5.41) is 11.4. The van der Waals surface area contributed by atoms with E-state index in [0.717, 1.165) is 38.3 Å². The molecule has 3 rings (SSSR count). The Bertz CT molecular complexity index is 548. The Balaban J connectivity index is 1.61. The first-order valence-electron chi connectivity index (χ1n) is 6.73. The number of fused-ring (bicyclic) bond motifs is 1. The van der Waals surface area contributed by atoms with Crippen molar-refractivity contribution in [1.29, 1.82) is 0 Å². The molecule has 0 atom stereocenters. The van der Waals surface area contributed by atoms with Gasteiger partial charge in [0.15, 0.2) is 0 Å². The summed E-state index contributed by atoms with van der Waals surface area (Å²) in [6.07, 6.45) is 3.16. The molecule has 0 fully saturated rings. The average Bonchev–Trinajstić information content (AvgIpc) is 3.04. The molecule has 2 heterocycles. The van der Waals surface area contributed by atoms with Crippen LogP contribution in [0.3, 0.4) is 0 Å². The van der Waals surface area contributed by atoms with Crippen LogP contribution in [0.5, 0.6) is 0 Å². The maximum atomic E-state index is 4.15. The molecule has 0 amide bonds. The number of hydrogen-bond acceptors (Lipinski definition) is 4. The third kappa shape index (κ3) is 2.61. The van der Waals surface area contributed by atoms with Crippen LogP contribution in [0, 0.1) is 0 Å². The molecule has 0 saturated heterocycles. The van der Waals surface area contributed by atoms with Crippen molar-refractivity contribution in [2.75, 3.05) is 25.0 Å². The van der Waals surface area contributed by atoms with E-state index >= 15 is 0 Å². The van der Waals surface area contributed by atoms with Gasteiger partial charge in [0.05, 0.1) is 12.2 Å². The van der Waals surface area contributed by atoms with E-state index in [1.54, 1.807) is 0 Å². The van der Waals surface area contributed by atoms with Gasteiger partial charge in [-0.05, 0) is 25.1 Å². The molecule has 0 aliphatic carbocycles. The van der Waals surface area contributed by atoms with Crippen LogP contribution < -0.4 is 10.2 Å². The Morgan fingerprint density at radius 2 is 2.16 bits per heavy atom. The Kier molecular flexibility index (Phi) is 3.46. The van der Waals surface area contributed by atoms with E-state index in [4.69, 9.17) is 0 Å². The molecule has 0 saturated carbocycles. The normalized spacial score (nSPS) is 13.8. The average molecular weight is 257 g/mol. The predicted octanol–water partition coefficient (Wildman–Crippen LogP) is 1.06. The lowest BCUT2D eigenvalue weighted by Gasteiger charge is -2.18. The minimum Gasteiger partial charge on any atom is -0.369 e. The van der Waals surface area contributed by atoms with Crippen molar-refractivity contribution in [1.82, 2.24) is 20.3 Å². The SMILES string of the molecule is CNCc1cn(CCN2CCc3ccccc32)nn1. The lowest BCUT2D eigenvalue weighted by atomic mass is 10.2. The zero-order valence-corrected chi connectivity index (χ0v) is 11.2. The highest BCUT2D eigenvalue weighted by atomic mass is 15.4. The van der Waals surface area contributed by atoms with Gasteiger partial charge < -0.3 is 10.2 Å². The standard InChI is InChI=1S/C14H19N5/c1-15-10-13-11-19(17-16-13)9-8-18-7-6-12-4-2-3-5-14(12)18/h2-5,11,15H,6-10H2,1H3. The molecule has 1 aliphatic heterocycles. The van der Waals surface area contributed by atoms with Crippen molar-refractivity contribution in [2.45, 2.75) is 19.5 Å². The summed E-state index contributed by atoms with van der Waals surface area (Å²) in [4.78, 5) is 2.43. The summed E-state index contributed by atoms with van der Waals surface area (Å²) in [6.45, 7) is 3.74. The first kappa shape index (κ1) is 12.2.